The highest BCUT2D eigenvalue weighted by Gasteiger charge is 2.45. The van der Waals surface area contributed by atoms with Gasteiger partial charge in [-0.2, -0.15) is 0 Å². The van der Waals surface area contributed by atoms with Gasteiger partial charge in [0.05, 0.1) is 38.9 Å². The average molecular weight is 478 g/mol. The number of esters is 1. The summed E-state index contributed by atoms with van der Waals surface area (Å²) in [6, 6.07) is 8.77. The van der Waals surface area contributed by atoms with E-state index in [1.807, 2.05) is 0 Å². The quantitative estimate of drug-likeness (QED) is 0.411. The van der Waals surface area contributed by atoms with Crippen LogP contribution in [0.2, 0.25) is 0 Å². The Morgan fingerprint density at radius 3 is 2.29 bits per heavy atom. The van der Waals surface area contributed by atoms with Crippen LogP contribution in [-0.2, 0) is 9.53 Å². The number of thiazole rings is 1. The van der Waals surface area contributed by atoms with Gasteiger partial charge in [-0.15, -0.1) is 11.3 Å². The van der Waals surface area contributed by atoms with Crippen LogP contribution in [0.25, 0.3) is 0 Å². The Morgan fingerprint density at radius 1 is 1.09 bits per heavy atom. The first kappa shape index (κ1) is 23.3. The summed E-state index contributed by atoms with van der Waals surface area (Å²) >= 11 is 1.22. The lowest BCUT2D eigenvalue weighted by atomic mass is 9.95. The summed E-state index contributed by atoms with van der Waals surface area (Å²) in [4.78, 5) is 49.0. The molecule has 3 heterocycles. The number of ketones is 1. The lowest BCUT2D eigenvalue weighted by Gasteiger charge is -2.27. The molecular formula is C25H23N3O5S. The van der Waals surface area contributed by atoms with Crippen molar-refractivity contribution in [1.82, 2.24) is 9.97 Å². The van der Waals surface area contributed by atoms with E-state index in [9.17, 15) is 19.5 Å². The number of carbonyl (C=O) groups is 3. The first-order valence-electron chi connectivity index (χ1n) is 10.7. The SMILES string of the molecule is Cc1nc(C)c(C(=O)C2=C(O)C(=O)N(c3ccc(C(=O)OC(C)C)cc3)C2c2ccncc2)s1. The number of ether oxygens (including phenoxy) is 1. The molecule has 1 aliphatic rings. The number of benzene rings is 1. The number of Topliss-reactive ketones (excluding diaryl/α,β-unsaturated/α-hetero) is 1. The molecule has 1 amide bonds. The summed E-state index contributed by atoms with van der Waals surface area (Å²) in [5.41, 5.74) is 1.87. The molecule has 174 valence electrons. The van der Waals surface area contributed by atoms with Crippen molar-refractivity contribution in [2.45, 2.75) is 39.8 Å². The van der Waals surface area contributed by atoms with Gasteiger partial charge in [0.15, 0.2) is 5.76 Å². The lowest BCUT2D eigenvalue weighted by molar-refractivity contribution is -0.117. The molecule has 34 heavy (non-hydrogen) atoms. The van der Waals surface area contributed by atoms with E-state index in [1.54, 1.807) is 76.5 Å². The molecule has 8 nitrogen and oxygen atoms in total. The van der Waals surface area contributed by atoms with Crippen molar-refractivity contribution in [3.63, 3.8) is 0 Å². The van der Waals surface area contributed by atoms with Crippen LogP contribution in [0, 0.1) is 13.8 Å². The van der Waals surface area contributed by atoms with Gasteiger partial charge in [0.25, 0.3) is 5.91 Å². The number of carbonyl (C=O) groups excluding carboxylic acids is 3. The molecule has 3 aromatic rings. The summed E-state index contributed by atoms with van der Waals surface area (Å²) in [7, 11) is 0. The van der Waals surface area contributed by atoms with Gasteiger partial charge in [0.1, 0.15) is 0 Å². The fourth-order valence-electron chi connectivity index (χ4n) is 3.87. The molecule has 0 aliphatic carbocycles. The minimum absolute atomic E-state index is 0.0220. The molecule has 0 bridgehead atoms. The second-order valence-corrected chi connectivity index (χ2v) is 9.30. The summed E-state index contributed by atoms with van der Waals surface area (Å²) in [5, 5.41) is 11.6. The highest BCUT2D eigenvalue weighted by molar-refractivity contribution is 7.14. The first-order valence-corrected chi connectivity index (χ1v) is 11.5. The average Bonchev–Trinajstić information content (AvgIpc) is 3.29. The molecule has 0 spiro atoms. The Morgan fingerprint density at radius 2 is 1.74 bits per heavy atom. The Labute approximate surface area is 200 Å². The third-order valence-electron chi connectivity index (χ3n) is 5.31. The number of nitrogens with zero attached hydrogens (tertiary/aromatic N) is 3. The minimum Gasteiger partial charge on any atom is -0.503 e. The van der Waals surface area contributed by atoms with Gasteiger partial charge >= 0.3 is 5.97 Å². The van der Waals surface area contributed by atoms with Gasteiger partial charge in [-0.1, -0.05) is 0 Å². The van der Waals surface area contributed by atoms with Crippen LogP contribution >= 0.6 is 11.3 Å². The maximum absolute atomic E-state index is 13.5. The van der Waals surface area contributed by atoms with E-state index < -0.39 is 29.5 Å². The third kappa shape index (κ3) is 4.22. The van der Waals surface area contributed by atoms with Crippen molar-refractivity contribution in [3.05, 3.63) is 86.8 Å². The summed E-state index contributed by atoms with van der Waals surface area (Å²) in [6.45, 7) is 7.03. The van der Waals surface area contributed by atoms with Gasteiger partial charge in [-0.25, -0.2) is 9.78 Å². The predicted octanol–water partition coefficient (Wildman–Crippen LogP) is 4.50. The molecule has 1 aliphatic heterocycles. The van der Waals surface area contributed by atoms with E-state index in [4.69, 9.17) is 4.74 Å². The van der Waals surface area contributed by atoms with Crippen molar-refractivity contribution in [2.24, 2.45) is 0 Å². The predicted molar refractivity (Wildman–Crippen MR) is 127 cm³/mol. The Bertz CT molecular complexity index is 1300. The molecule has 1 atom stereocenters. The lowest BCUT2D eigenvalue weighted by Crippen LogP contribution is -2.31. The van der Waals surface area contributed by atoms with Crippen molar-refractivity contribution in [1.29, 1.82) is 0 Å². The number of aryl methyl sites for hydroxylation is 2. The Hall–Kier alpha value is -3.85. The fraction of sp³-hybridized carbons (Fsp3) is 0.240. The molecule has 4 rings (SSSR count). The molecule has 2 aromatic heterocycles. The number of pyridine rings is 1. The van der Waals surface area contributed by atoms with E-state index in [2.05, 4.69) is 9.97 Å². The standard InChI is InChI=1S/C25H23N3O5S/c1-13(2)33-25(32)17-5-7-18(8-6-17)28-20(16-9-11-26-12-10-16)19(22(30)24(28)31)21(29)23-14(3)27-15(4)34-23/h5-13,20,30H,1-4H3. The highest BCUT2D eigenvalue weighted by Crippen LogP contribution is 2.42. The van der Waals surface area contributed by atoms with Gasteiger partial charge in [-0.3, -0.25) is 19.5 Å². The van der Waals surface area contributed by atoms with Crippen molar-refractivity contribution in [3.8, 4) is 0 Å². The summed E-state index contributed by atoms with van der Waals surface area (Å²) < 4.78 is 5.22. The normalized spacial score (nSPS) is 15.9. The zero-order chi connectivity index (χ0) is 24.6. The van der Waals surface area contributed by atoms with Gasteiger partial charge in [-0.05, 0) is 69.7 Å². The van der Waals surface area contributed by atoms with E-state index in [0.717, 1.165) is 0 Å². The van der Waals surface area contributed by atoms with E-state index in [0.29, 0.717) is 32.4 Å². The van der Waals surface area contributed by atoms with Crippen LogP contribution in [0.1, 0.15) is 56.2 Å². The van der Waals surface area contributed by atoms with Crippen LogP contribution in [0.15, 0.2) is 60.1 Å². The Kier molecular flexibility index (Phi) is 6.30. The molecule has 0 fully saturated rings. The second kappa shape index (κ2) is 9.18. The molecule has 1 unspecified atom stereocenters. The maximum Gasteiger partial charge on any atom is 0.338 e. The topological polar surface area (TPSA) is 110 Å². The number of amides is 1. The molecule has 9 heteroatoms. The summed E-state index contributed by atoms with van der Waals surface area (Å²) in [5.74, 6) is -2.25. The number of aromatic nitrogens is 2. The molecule has 0 radical (unpaired) electrons. The van der Waals surface area contributed by atoms with Crippen LogP contribution < -0.4 is 4.90 Å². The molecule has 0 saturated carbocycles. The monoisotopic (exact) mass is 477 g/mol. The molecule has 1 aromatic carbocycles. The summed E-state index contributed by atoms with van der Waals surface area (Å²) in [6.07, 6.45) is 2.85. The number of hydrogen-bond donors (Lipinski definition) is 1. The molecule has 0 saturated heterocycles. The zero-order valence-corrected chi connectivity index (χ0v) is 19.9. The number of rotatable bonds is 6. The molecule has 1 N–H and O–H groups in total. The Balaban J connectivity index is 1.78. The zero-order valence-electron chi connectivity index (χ0n) is 19.1. The first-order chi connectivity index (χ1) is 16.2. The van der Waals surface area contributed by atoms with Crippen molar-refractivity contribution < 1.29 is 24.2 Å². The van der Waals surface area contributed by atoms with Crippen LogP contribution in [-0.4, -0.2) is 38.8 Å². The number of anilines is 1. The smallest absolute Gasteiger partial charge is 0.338 e. The number of aliphatic hydroxyl groups excluding tert-OH is 1. The van der Waals surface area contributed by atoms with Gasteiger partial charge in [0, 0.05) is 18.1 Å². The van der Waals surface area contributed by atoms with Crippen LogP contribution in [0.4, 0.5) is 5.69 Å². The maximum atomic E-state index is 13.5. The van der Waals surface area contributed by atoms with Gasteiger partial charge < -0.3 is 9.84 Å². The van der Waals surface area contributed by atoms with E-state index in [1.165, 1.54) is 16.2 Å². The number of aliphatic hydroxyl groups is 1. The minimum atomic E-state index is -0.877. The third-order valence-corrected chi connectivity index (χ3v) is 6.38. The number of hydrogen-bond acceptors (Lipinski definition) is 8. The van der Waals surface area contributed by atoms with Crippen molar-refractivity contribution in [2.75, 3.05) is 4.90 Å². The van der Waals surface area contributed by atoms with E-state index >= 15 is 0 Å². The fourth-order valence-corrected chi connectivity index (χ4v) is 4.74. The van der Waals surface area contributed by atoms with Crippen LogP contribution in [0.3, 0.4) is 0 Å². The largest absolute Gasteiger partial charge is 0.503 e. The van der Waals surface area contributed by atoms with Crippen LogP contribution in [0.5, 0.6) is 0 Å². The second-order valence-electron chi connectivity index (χ2n) is 8.10. The van der Waals surface area contributed by atoms with E-state index in [-0.39, 0.29) is 11.7 Å². The van der Waals surface area contributed by atoms with Gasteiger partial charge in [0.2, 0.25) is 5.78 Å². The highest BCUT2D eigenvalue weighted by atomic mass is 32.1. The molecular weight excluding hydrogens is 454 g/mol. The van der Waals surface area contributed by atoms with Crippen molar-refractivity contribution >= 4 is 34.7 Å².